The van der Waals surface area contributed by atoms with E-state index in [4.69, 9.17) is 0 Å². The highest BCUT2D eigenvalue weighted by Crippen LogP contribution is 2.31. The van der Waals surface area contributed by atoms with Crippen molar-refractivity contribution in [3.05, 3.63) is 29.8 Å². The number of hydrogen-bond acceptors (Lipinski definition) is 4. The molecule has 1 N–H and O–H groups in total. The van der Waals surface area contributed by atoms with Gasteiger partial charge < -0.3 is 10.0 Å². The van der Waals surface area contributed by atoms with Crippen LogP contribution in [-0.2, 0) is 10.0 Å². The van der Waals surface area contributed by atoms with E-state index in [9.17, 15) is 18.3 Å². The van der Waals surface area contributed by atoms with Gasteiger partial charge in [-0.2, -0.15) is 4.31 Å². The highest BCUT2D eigenvalue weighted by Gasteiger charge is 2.41. The van der Waals surface area contributed by atoms with Gasteiger partial charge in [0.25, 0.3) is 5.91 Å². The Balaban J connectivity index is 1.64. The summed E-state index contributed by atoms with van der Waals surface area (Å²) in [6.45, 7) is 1.48. The number of aromatic hydroxyl groups is 1. The van der Waals surface area contributed by atoms with Gasteiger partial charge in [0.15, 0.2) is 0 Å². The Morgan fingerprint density at radius 3 is 2.38 bits per heavy atom. The largest absolute Gasteiger partial charge is 0.508 e. The van der Waals surface area contributed by atoms with E-state index in [2.05, 4.69) is 0 Å². The molecule has 0 aromatic heterocycles. The molecule has 1 aliphatic heterocycles. The molecule has 0 spiro atoms. The average Bonchev–Trinajstić information content (AvgIpc) is 3.32. The third-order valence-corrected chi connectivity index (χ3v) is 6.32. The number of hydrogen-bond donors (Lipinski definition) is 1. The Hall–Kier alpha value is -1.60. The van der Waals surface area contributed by atoms with Crippen molar-refractivity contribution in [2.75, 3.05) is 26.2 Å². The van der Waals surface area contributed by atoms with Crippen LogP contribution < -0.4 is 0 Å². The third-order valence-electron chi connectivity index (χ3n) is 3.92. The zero-order chi connectivity index (χ0) is 15.0. The first-order valence-corrected chi connectivity index (χ1v) is 8.56. The van der Waals surface area contributed by atoms with Crippen LogP contribution in [0.25, 0.3) is 0 Å². The molecule has 0 radical (unpaired) electrons. The van der Waals surface area contributed by atoms with Crippen molar-refractivity contribution >= 4 is 15.9 Å². The lowest BCUT2D eigenvalue weighted by molar-refractivity contribution is 0.0697. The van der Waals surface area contributed by atoms with Gasteiger partial charge in [0, 0.05) is 31.7 Å². The van der Waals surface area contributed by atoms with Gasteiger partial charge >= 0.3 is 0 Å². The molecule has 1 heterocycles. The summed E-state index contributed by atoms with van der Waals surface area (Å²) < 4.78 is 25.8. The van der Waals surface area contributed by atoms with Crippen molar-refractivity contribution in [1.29, 1.82) is 0 Å². The Labute approximate surface area is 124 Å². The highest BCUT2D eigenvalue weighted by molar-refractivity contribution is 7.90. The molecule has 21 heavy (non-hydrogen) atoms. The number of phenolic OH excluding ortho intramolecular Hbond substituents is 1. The van der Waals surface area contributed by atoms with E-state index in [1.54, 1.807) is 17.0 Å². The van der Waals surface area contributed by atoms with Gasteiger partial charge in [-0.15, -0.1) is 0 Å². The number of rotatable bonds is 3. The smallest absolute Gasteiger partial charge is 0.254 e. The summed E-state index contributed by atoms with van der Waals surface area (Å²) in [6.07, 6.45) is 1.51. The fourth-order valence-corrected chi connectivity index (χ4v) is 4.37. The van der Waals surface area contributed by atoms with E-state index in [0.29, 0.717) is 31.7 Å². The zero-order valence-corrected chi connectivity index (χ0v) is 12.4. The maximum atomic E-state index is 12.3. The fraction of sp³-hybridized carbons (Fsp3) is 0.500. The second kappa shape index (κ2) is 5.31. The van der Waals surface area contributed by atoms with Gasteiger partial charge in [0.1, 0.15) is 5.75 Å². The van der Waals surface area contributed by atoms with Gasteiger partial charge in [-0.3, -0.25) is 4.79 Å². The maximum absolute atomic E-state index is 12.3. The molecule has 1 saturated carbocycles. The lowest BCUT2D eigenvalue weighted by atomic mass is 10.2. The predicted octanol–water partition coefficient (Wildman–Crippen LogP) is 0.642. The molecule has 1 amide bonds. The third kappa shape index (κ3) is 2.89. The number of amides is 1. The molecule has 1 saturated heterocycles. The van der Waals surface area contributed by atoms with E-state index >= 15 is 0 Å². The molecule has 2 fully saturated rings. The lowest BCUT2D eigenvalue weighted by Gasteiger charge is -2.34. The van der Waals surface area contributed by atoms with E-state index in [1.165, 1.54) is 16.4 Å². The molecule has 114 valence electrons. The molecule has 7 heteroatoms. The summed E-state index contributed by atoms with van der Waals surface area (Å²) in [5.74, 6) is -0.120. The second-order valence-electron chi connectivity index (χ2n) is 5.49. The van der Waals surface area contributed by atoms with Crippen molar-refractivity contribution in [1.82, 2.24) is 9.21 Å². The Morgan fingerprint density at radius 1 is 1.14 bits per heavy atom. The average molecular weight is 310 g/mol. The molecule has 0 atom stereocenters. The van der Waals surface area contributed by atoms with Crippen molar-refractivity contribution < 1.29 is 18.3 Å². The quantitative estimate of drug-likeness (QED) is 0.889. The van der Waals surface area contributed by atoms with Crippen LogP contribution in [0.1, 0.15) is 23.2 Å². The van der Waals surface area contributed by atoms with Crippen molar-refractivity contribution in [2.45, 2.75) is 18.1 Å². The van der Waals surface area contributed by atoms with Crippen LogP contribution in [0.4, 0.5) is 0 Å². The molecule has 3 rings (SSSR count). The molecular weight excluding hydrogens is 292 g/mol. The van der Waals surface area contributed by atoms with Crippen LogP contribution >= 0.6 is 0 Å². The number of piperazine rings is 1. The number of phenols is 1. The summed E-state index contributed by atoms with van der Waals surface area (Å²) in [6, 6.07) is 6.21. The van der Waals surface area contributed by atoms with Crippen molar-refractivity contribution in [3.63, 3.8) is 0 Å². The molecule has 1 aliphatic carbocycles. The van der Waals surface area contributed by atoms with E-state index in [1.807, 2.05) is 0 Å². The molecule has 6 nitrogen and oxygen atoms in total. The van der Waals surface area contributed by atoms with Crippen LogP contribution in [0.2, 0.25) is 0 Å². The summed E-state index contributed by atoms with van der Waals surface area (Å²) >= 11 is 0. The summed E-state index contributed by atoms with van der Waals surface area (Å²) in [5, 5.41) is 9.22. The van der Waals surface area contributed by atoms with Gasteiger partial charge in [0.2, 0.25) is 10.0 Å². The van der Waals surface area contributed by atoms with Crippen LogP contribution in [0.5, 0.6) is 5.75 Å². The number of carbonyl (C=O) groups is 1. The second-order valence-corrected chi connectivity index (χ2v) is 7.70. The number of nitrogens with zero attached hydrogens (tertiary/aromatic N) is 2. The SMILES string of the molecule is O=C(c1cccc(O)c1)N1CCN(S(=O)(=O)C2CC2)CC1. The predicted molar refractivity (Wildman–Crippen MR) is 77.5 cm³/mol. The first kappa shape index (κ1) is 14.3. The Morgan fingerprint density at radius 2 is 1.81 bits per heavy atom. The van der Waals surface area contributed by atoms with Gasteiger partial charge in [0.05, 0.1) is 5.25 Å². The van der Waals surface area contributed by atoms with E-state index in [-0.39, 0.29) is 16.9 Å². The maximum Gasteiger partial charge on any atom is 0.254 e. The molecule has 1 aromatic rings. The summed E-state index contributed by atoms with van der Waals surface area (Å²) in [4.78, 5) is 13.9. The van der Waals surface area contributed by atoms with E-state index in [0.717, 1.165) is 12.8 Å². The molecule has 0 bridgehead atoms. The summed E-state index contributed by atoms with van der Waals surface area (Å²) in [5.41, 5.74) is 0.425. The van der Waals surface area contributed by atoms with Crippen LogP contribution in [-0.4, -0.2) is 60.1 Å². The molecular formula is C14H18N2O4S. The topological polar surface area (TPSA) is 77.9 Å². The molecule has 1 aromatic carbocycles. The minimum atomic E-state index is -3.15. The normalized spacial score (nSPS) is 20.5. The minimum Gasteiger partial charge on any atom is -0.508 e. The zero-order valence-electron chi connectivity index (χ0n) is 11.6. The van der Waals surface area contributed by atoms with Crippen LogP contribution in [0, 0.1) is 0 Å². The van der Waals surface area contributed by atoms with E-state index < -0.39 is 10.0 Å². The molecule has 2 aliphatic rings. The Bertz CT molecular complexity index is 647. The fourth-order valence-electron chi connectivity index (χ4n) is 2.54. The Kier molecular flexibility index (Phi) is 3.62. The molecule has 0 unspecified atom stereocenters. The van der Waals surface area contributed by atoms with Crippen molar-refractivity contribution in [3.8, 4) is 5.75 Å². The number of sulfonamides is 1. The van der Waals surface area contributed by atoms with Gasteiger partial charge in [-0.1, -0.05) is 6.07 Å². The van der Waals surface area contributed by atoms with Crippen molar-refractivity contribution in [2.24, 2.45) is 0 Å². The van der Waals surface area contributed by atoms with Crippen LogP contribution in [0.3, 0.4) is 0 Å². The standard InChI is InChI=1S/C14H18N2O4S/c17-12-3-1-2-11(10-12)14(18)15-6-8-16(9-7-15)21(19,20)13-4-5-13/h1-3,10,13,17H,4-9H2. The summed E-state index contributed by atoms with van der Waals surface area (Å²) in [7, 11) is -3.15. The van der Waals surface area contributed by atoms with Gasteiger partial charge in [-0.25, -0.2) is 8.42 Å². The van der Waals surface area contributed by atoms with Crippen LogP contribution in [0.15, 0.2) is 24.3 Å². The lowest BCUT2D eigenvalue weighted by Crippen LogP contribution is -2.51. The monoisotopic (exact) mass is 310 g/mol. The number of carbonyl (C=O) groups excluding carboxylic acids is 1. The highest BCUT2D eigenvalue weighted by atomic mass is 32.2. The minimum absolute atomic E-state index is 0.0517. The van der Waals surface area contributed by atoms with Gasteiger partial charge in [-0.05, 0) is 31.0 Å². The first-order chi connectivity index (χ1) is 9.98. The first-order valence-electron chi connectivity index (χ1n) is 7.06. The number of benzene rings is 1.